The zero-order valence-electron chi connectivity index (χ0n) is 15.6. The Labute approximate surface area is 167 Å². The zero-order valence-corrected chi connectivity index (χ0v) is 17.2. The van der Waals surface area contributed by atoms with Gasteiger partial charge in [-0.1, -0.05) is 17.7 Å². The maximum atomic E-state index is 13.2. The largest absolute Gasteiger partial charge is 0.477 e. The fourth-order valence-electron chi connectivity index (χ4n) is 2.85. The summed E-state index contributed by atoms with van der Waals surface area (Å²) in [6.07, 6.45) is 0. The number of anilines is 1. The number of carbonyl (C=O) groups excluding carboxylic acids is 2. The fourth-order valence-corrected chi connectivity index (χ4v) is 3.67. The Morgan fingerprint density at radius 3 is 2.70 bits per heavy atom. The van der Waals surface area contributed by atoms with Crippen LogP contribution in [-0.4, -0.2) is 29.0 Å². The first kappa shape index (κ1) is 19.5. The first-order chi connectivity index (χ1) is 12.7. The average molecular weight is 405 g/mol. The second-order valence-corrected chi connectivity index (χ2v) is 8.14. The molecule has 0 fully saturated rings. The van der Waals surface area contributed by atoms with Crippen LogP contribution >= 0.6 is 22.9 Å². The third-order valence-corrected chi connectivity index (χ3v) is 5.63. The summed E-state index contributed by atoms with van der Waals surface area (Å²) in [6, 6.07) is 7.16. The molecule has 0 spiro atoms. The number of thiophene rings is 1. The predicted octanol–water partition coefficient (Wildman–Crippen LogP) is 4.67. The predicted molar refractivity (Wildman–Crippen MR) is 109 cm³/mol. The van der Waals surface area contributed by atoms with E-state index < -0.39 is 5.54 Å². The number of aryl methyl sites for hydroxylation is 1. The fraction of sp³-hybridized carbons (Fsp3) is 0.300. The van der Waals surface area contributed by atoms with Crippen LogP contribution in [-0.2, 0) is 14.3 Å². The van der Waals surface area contributed by atoms with Gasteiger partial charge >= 0.3 is 0 Å². The van der Waals surface area contributed by atoms with Gasteiger partial charge in [0.25, 0.3) is 5.91 Å². The summed E-state index contributed by atoms with van der Waals surface area (Å²) in [5.74, 6) is 0.0331. The smallest absolute Gasteiger partial charge is 0.261 e. The molecule has 142 valence electrons. The number of rotatable bonds is 4. The minimum absolute atomic E-state index is 0.0211. The van der Waals surface area contributed by atoms with Crippen LogP contribution in [0, 0.1) is 6.92 Å². The number of hydrogen-bond donors (Lipinski definition) is 1. The molecule has 2 aromatic rings. The van der Waals surface area contributed by atoms with Crippen LogP contribution < -0.4 is 5.32 Å². The van der Waals surface area contributed by atoms with E-state index in [1.807, 2.05) is 29.8 Å². The quantitative estimate of drug-likeness (QED) is 0.805. The molecule has 0 aliphatic carbocycles. The molecule has 0 radical (unpaired) electrons. The first-order valence-electron chi connectivity index (χ1n) is 8.47. The van der Waals surface area contributed by atoms with Gasteiger partial charge in [-0.05, 0) is 62.2 Å². The standard InChI is InChI=1S/C20H21ClN2O3S/c1-12-5-6-15(21)9-16(12)22-19(25)20(3,4)23-11-26-13(2)17(18(23)24)14-7-8-27-10-14/h5-10H,11H2,1-4H3,(H,22,25). The molecule has 27 heavy (non-hydrogen) atoms. The number of carbonyl (C=O) groups is 2. The molecule has 1 aromatic heterocycles. The third-order valence-electron chi connectivity index (χ3n) is 4.71. The molecular weight excluding hydrogens is 384 g/mol. The normalized spacial score (nSPS) is 15.0. The monoisotopic (exact) mass is 404 g/mol. The lowest BCUT2D eigenvalue weighted by Crippen LogP contribution is -2.57. The Balaban J connectivity index is 1.87. The van der Waals surface area contributed by atoms with Crippen molar-refractivity contribution in [2.75, 3.05) is 12.0 Å². The molecule has 2 heterocycles. The number of allylic oxidation sites excluding steroid dienone is 1. The van der Waals surface area contributed by atoms with Gasteiger partial charge in [-0.25, -0.2) is 0 Å². The van der Waals surface area contributed by atoms with Crippen molar-refractivity contribution in [3.63, 3.8) is 0 Å². The highest BCUT2D eigenvalue weighted by atomic mass is 35.5. The topological polar surface area (TPSA) is 58.6 Å². The summed E-state index contributed by atoms with van der Waals surface area (Å²) >= 11 is 7.54. The van der Waals surface area contributed by atoms with Crippen molar-refractivity contribution in [3.8, 4) is 0 Å². The number of amides is 2. The van der Waals surface area contributed by atoms with Gasteiger partial charge < -0.3 is 10.1 Å². The second-order valence-electron chi connectivity index (χ2n) is 6.92. The summed E-state index contributed by atoms with van der Waals surface area (Å²) in [5, 5.41) is 7.21. The van der Waals surface area contributed by atoms with Crippen LogP contribution in [0.25, 0.3) is 5.57 Å². The number of nitrogens with zero attached hydrogens (tertiary/aromatic N) is 1. The number of hydrogen-bond acceptors (Lipinski definition) is 4. The van der Waals surface area contributed by atoms with Gasteiger partial charge in [-0.3, -0.25) is 14.5 Å². The molecule has 0 unspecified atom stereocenters. The van der Waals surface area contributed by atoms with Crippen LogP contribution in [0.3, 0.4) is 0 Å². The minimum Gasteiger partial charge on any atom is -0.477 e. The Bertz CT molecular complexity index is 919. The highest BCUT2D eigenvalue weighted by molar-refractivity contribution is 7.08. The van der Waals surface area contributed by atoms with Crippen LogP contribution in [0.2, 0.25) is 5.02 Å². The Hall–Kier alpha value is -2.31. The van der Waals surface area contributed by atoms with Gasteiger partial charge in [0.2, 0.25) is 5.91 Å². The molecular formula is C20H21ClN2O3S. The lowest BCUT2D eigenvalue weighted by atomic mass is 9.97. The van der Waals surface area contributed by atoms with Crippen molar-refractivity contribution in [1.82, 2.24) is 4.90 Å². The average Bonchev–Trinajstić information content (AvgIpc) is 3.12. The molecule has 1 aliphatic heterocycles. The van der Waals surface area contributed by atoms with E-state index in [0.29, 0.717) is 22.0 Å². The molecule has 0 atom stereocenters. The van der Waals surface area contributed by atoms with Gasteiger partial charge in [-0.2, -0.15) is 11.3 Å². The first-order valence-corrected chi connectivity index (χ1v) is 9.79. The van der Waals surface area contributed by atoms with Gasteiger partial charge in [0.1, 0.15) is 11.3 Å². The molecule has 7 heteroatoms. The van der Waals surface area contributed by atoms with E-state index in [4.69, 9.17) is 16.3 Å². The SMILES string of the molecule is CC1=C(c2ccsc2)C(=O)N(C(C)(C)C(=O)Nc2cc(Cl)ccc2C)CO1. The van der Waals surface area contributed by atoms with Gasteiger partial charge in [0.15, 0.2) is 6.73 Å². The van der Waals surface area contributed by atoms with E-state index in [-0.39, 0.29) is 18.5 Å². The van der Waals surface area contributed by atoms with Gasteiger partial charge in [-0.15, -0.1) is 0 Å². The zero-order chi connectivity index (χ0) is 19.8. The molecule has 5 nitrogen and oxygen atoms in total. The highest BCUT2D eigenvalue weighted by Crippen LogP contribution is 2.32. The van der Waals surface area contributed by atoms with E-state index in [2.05, 4.69) is 5.32 Å². The van der Waals surface area contributed by atoms with Crippen LogP contribution in [0.1, 0.15) is 31.9 Å². The number of halogens is 1. The van der Waals surface area contributed by atoms with Crippen molar-refractivity contribution >= 4 is 46.0 Å². The molecule has 0 saturated carbocycles. The molecule has 2 amide bonds. The van der Waals surface area contributed by atoms with Crippen molar-refractivity contribution in [1.29, 1.82) is 0 Å². The number of nitrogens with one attached hydrogen (secondary N) is 1. The van der Waals surface area contributed by atoms with E-state index >= 15 is 0 Å². The molecule has 1 aromatic carbocycles. The summed E-state index contributed by atoms with van der Waals surface area (Å²) in [7, 11) is 0. The van der Waals surface area contributed by atoms with Gasteiger partial charge in [0, 0.05) is 16.3 Å². The molecule has 3 rings (SSSR count). The summed E-state index contributed by atoms with van der Waals surface area (Å²) in [5.41, 5.74) is 1.68. The van der Waals surface area contributed by atoms with Crippen molar-refractivity contribution in [2.45, 2.75) is 33.2 Å². The minimum atomic E-state index is -1.12. The van der Waals surface area contributed by atoms with Crippen LogP contribution in [0.5, 0.6) is 0 Å². The van der Waals surface area contributed by atoms with Crippen molar-refractivity contribution < 1.29 is 14.3 Å². The Morgan fingerprint density at radius 2 is 2.04 bits per heavy atom. The lowest BCUT2D eigenvalue weighted by molar-refractivity contribution is -0.147. The Morgan fingerprint density at radius 1 is 1.30 bits per heavy atom. The summed E-state index contributed by atoms with van der Waals surface area (Å²) < 4.78 is 5.72. The number of benzene rings is 1. The summed E-state index contributed by atoms with van der Waals surface area (Å²) in [6.45, 7) is 7.08. The molecule has 0 saturated heterocycles. The molecule has 0 bridgehead atoms. The van der Waals surface area contributed by atoms with Gasteiger partial charge in [0.05, 0.1) is 5.57 Å². The third kappa shape index (κ3) is 3.73. The van der Waals surface area contributed by atoms with Crippen molar-refractivity contribution in [2.24, 2.45) is 0 Å². The van der Waals surface area contributed by atoms with E-state index in [1.54, 1.807) is 32.9 Å². The molecule has 1 N–H and O–H groups in total. The second kappa shape index (κ2) is 7.37. The maximum absolute atomic E-state index is 13.2. The Kier molecular flexibility index (Phi) is 5.31. The maximum Gasteiger partial charge on any atom is 0.261 e. The highest BCUT2D eigenvalue weighted by Gasteiger charge is 2.42. The van der Waals surface area contributed by atoms with Crippen LogP contribution in [0.15, 0.2) is 40.8 Å². The van der Waals surface area contributed by atoms with E-state index in [1.165, 1.54) is 16.2 Å². The van der Waals surface area contributed by atoms with E-state index in [9.17, 15) is 9.59 Å². The van der Waals surface area contributed by atoms with E-state index in [0.717, 1.165) is 11.1 Å². The molecule has 1 aliphatic rings. The van der Waals surface area contributed by atoms with Crippen molar-refractivity contribution in [3.05, 3.63) is 56.9 Å². The number of ether oxygens (including phenoxy) is 1. The summed E-state index contributed by atoms with van der Waals surface area (Å²) in [4.78, 5) is 27.6. The van der Waals surface area contributed by atoms with Crippen LogP contribution in [0.4, 0.5) is 5.69 Å². The lowest BCUT2D eigenvalue weighted by Gasteiger charge is -2.40.